The molecule has 0 bridgehead atoms. The van der Waals surface area contributed by atoms with Crippen molar-refractivity contribution in [3.8, 4) is 0 Å². The van der Waals surface area contributed by atoms with Gasteiger partial charge in [0.1, 0.15) is 23.0 Å². The number of fused-ring (bicyclic) bond motifs is 1. The van der Waals surface area contributed by atoms with Gasteiger partial charge in [-0.1, -0.05) is 25.0 Å². The van der Waals surface area contributed by atoms with Crippen LogP contribution in [0.5, 0.6) is 0 Å². The van der Waals surface area contributed by atoms with Crippen molar-refractivity contribution in [2.24, 2.45) is 5.41 Å². The van der Waals surface area contributed by atoms with E-state index in [1.165, 1.54) is 0 Å². The normalized spacial score (nSPS) is 20.8. The van der Waals surface area contributed by atoms with Gasteiger partial charge >= 0.3 is 0 Å². The molecule has 2 N–H and O–H groups in total. The molecule has 1 spiro atoms. The number of pyridine rings is 1. The Labute approximate surface area is 296 Å². The number of hydrogen-bond donors (Lipinski definition) is 2. The summed E-state index contributed by atoms with van der Waals surface area (Å²) >= 11 is 0. The smallest absolute Gasteiger partial charge is 0.270 e. The number of benzene rings is 1. The first-order valence-corrected chi connectivity index (χ1v) is 18.1. The standard InChI is InChI=1S/C38H44FN9O3/c1-45(2)36(51)31-17-25-20-41-37(44-34(25)48(31)26-5-3-4-6-26)42-32-11-7-24(19-40-32)21-46-22-38(23-46)13-15-47(16-14-38)27-8-9-28(30(39)18-27)29-10-12-33(49)43-35(29)50/h7-9,11,17-20,26,29H,3-6,10,12-16,21-23H2,1-2H3,(H,43,49,50)(H,40,41,42,44)/t29-/m1/s1. The second kappa shape index (κ2) is 13.3. The Morgan fingerprint density at radius 3 is 2.49 bits per heavy atom. The van der Waals surface area contributed by atoms with E-state index in [4.69, 9.17) is 4.98 Å². The van der Waals surface area contributed by atoms with Gasteiger partial charge in [0.25, 0.3) is 5.91 Å². The highest BCUT2D eigenvalue weighted by Crippen LogP contribution is 2.42. The number of carbonyl (C=O) groups is 3. The quantitative estimate of drug-likeness (QED) is 0.241. The van der Waals surface area contributed by atoms with Gasteiger partial charge in [0.15, 0.2) is 0 Å². The lowest BCUT2D eigenvalue weighted by molar-refractivity contribution is -0.134. The highest BCUT2D eigenvalue weighted by molar-refractivity contribution is 6.01. The Bertz CT molecular complexity index is 1970. The molecule has 3 aliphatic heterocycles. The maximum Gasteiger partial charge on any atom is 0.270 e. The third-order valence-electron chi connectivity index (χ3n) is 11.3. The van der Waals surface area contributed by atoms with Crippen molar-refractivity contribution >= 4 is 46.2 Å². The van der Waals surface area contributed by atoms with Gasteiger partial charge in [-0.3, -0.25) is 24.6 Å². The Morgan fingerprint density at radius 2 is 1.80 bits per heavy atom. The third-order valence-corrected chi connectivity index (χ3v) is 11.3. The summed E-state index contributed by atoms with van der Waals surface area (Å²) in [4.78, 5) is 57.1. The summed E-state index contributed by atoms with van der Waals surface area (Å²) in [6.45, 7) is 4.59. The minimum Gasteiger partial charge on any atom is -0.371 e. The van der Waals surface area contributed by atoms with E-state index in [0.717, 1.165) is 93.5 Å². The number of nitrogens with one attached hydrogen (secondary N) is 2. The fourth-order valence-electron chi connectivity index (χ4n) is 8.51. The summed E-state index contributed by atoms with van der Waals surface area (Å²) in [7, 11) is 3.55. The molecule has 0 unspecified atom stereocenters. The predicted octanol–water partition coefficient (Wildman–Crippen LogP) is 5.15. The van der Waals surface area contributed by atoms with Gasteiger partial charge in [-0.2, -0.15) is 4.98 Å². The third kappa shape index (κ3) is 6.55. The second-order valence-electron chi connectivity index (χ2n) is 15.0. The number of halogens is 1. The fourth-order valence-corrected chi connectivity index (χ4v) is 8.51. The first-order chi connectivity index (χ1) is 24.6. The van der Waals surface area contributed by atoms with Crippen molar-refractivity contribution in [3.63, 3.8) is 0 Å². The van der Waals surface area contributed by atoms with Gasteiger partial charge in [-0.25, -0.2) is 14.4 Å². The van der Waals surface area contributed by atoms with Gasteiger partial charge < -0.3 is 19.7 Å². The molecule has 266 valence electrons. The molecule has 3 aromatic heterocycles. The van der Waals surface area contributed by atoms with Crippen molar-refractivity contribution in [2.75, 3.05) is 50.5 Å². The molecule has 12 nitrogen and oxygen atoms in total. The number of aromatic nitrogens is 4. The number of carbonyl (C=O) groups excluding carboxylic acids is 3. The van der Waals surface area contributed by atoms with E-state index >= 15 is 4.39 Å². The Morgan fingerprint density at radius 1 is 1.02 bits per heavy atom. The van der Waals surface area contributed by atoms with Gasteiger partial charge in [0.2, 0.25) is 17.8 Å². The average molecular weight is 694 g/mol. The molecule has 1 aliphatic carbocycles. The van der Waals surface area contributed by atoms with E-state index in [1.54, 1.807) is 37.3 Å². The molecule has 3 saturated heterocycles. The highest BCUT2D eigenvalue weighted by Gasteiger charge is 2.44. The van der Waals surface area contributed by atoms with Crippen molar-refractivity contribution in [1.29, 1.82) is 0 Å². The minimum absolute atomic E-state index is 0.0300. The maximum absolute atomic E-state index is 15.1. The molecular weight excluding hydrogens is 649 g/mol. The zero-order chi connectivity index (χ0) is 35.3. The van der Waals surface area contributed by atoms with Gasteiger partial charge in [0.05, 0.1) is 5.92 Å². The summed E-state index contributed by atoms with van der Waals surface area (Å²) in [5.41, 5.74) is 4.04. The molecule has 6 heterocycles. The molecule has 4 aliphatic rings. The summed E-state index contributed by atoms with van der Waals surface area (Å²) in [6.07, 6.45) is 10.7. The number of imide groups is 1. The number of anilines is 3. The molecular formula is C38H44FN9O3. The lowest BCUT2D eigenvalue weighted by Gasteiger charge is -2.54. The predicted molar refractivity (Wildman–Crippen MR) is 191 cm³/mol. The second-order valence-corrected chi connectivity index (χ2v) is 15.0. The van der Waals surface area contributed by atoms with Crippen LogP contribution in [0.3, 0.4) is 0 Å². The van der Waals surface area contributed by atoms with Crippen LogP contribution in [-0.4, -0.2) is 87.3 Å². The Kier molecular flexibility index (Phi) is 8.69. The molecule has 51 heavy (non-hydrogen) atoms. The molecule has 1 saturated carbocycles. The SMILES string of the molecule is CN(C)C(=O)c1cc2cnc(Nc3ccc(CN4CC5(CCN(c6ccc([C@H]7CCC(=O)NC7=O)c(F)c6)CC5)C4)cn3)nc2n1C1CCCC1. The Balaban J connectivity index is 0.852. The molecule has 4 aromatic rings. The number of hydrogen-bond acceptors (Lipinski definition) is 9. The van der Waals surface area contributed by atoms with Crippen LogP contribution < -0.4 is 15.5 Å². The largest absolute Gasteiger partial charge is 0.371 e. The van der Waals surface area contributed by atoms with Crippen LogP contribution in [-0.2, 0) is 16.1 Å². The molecule has 1 atom stereocenters. The number of nitrogens with zero attached hydrogens (tertiary/aromatic N) is 7. The first kappa shape index (κ1) is 33.2. The first-order valence-electron chi connectivity index (χ1n) is 18.1. The fraction of sp³-hybridized carbons (Fsp3) is 0.474. The van der Waals surface area contributed by atoms with Crippen molar-refractivity contribution in [3.05, 3.63) is 71.4 Å². The van der Waals surface area contributed by atoms with Crippen LogP contribution in [0.2, 0.25) is 0 Å². The molecule has 0 radical (unpaired) electrons. The van der Waals surface area contributed by atoms with E-state index in [2.05, 4.69) is 41.0 Å². The van der Waals surface area contributed by atoms with Crippen molar-refractivity contribution < 1.29 is 18.8 Å². The lowest BCUT2D eigenvalue weighted by Crippen LogP contribution is -2.59. The minimum atomic E-state index is -0.621. The number of likely N-dealkylation sites (tertiary alicyclic amines) is 1. The molecule has 8 rings (SSSR count). The molecule has 3 amide bonds. The van der Waals surface area contributed by atoms with Crippen molar-refractivity contribution in [1.82, 2.24) is 34.6 Å². The average Bonchev–Trinajstić information content (AvgIpc) is 3.77. The summed E-state index contributed by atoms with van der Waals surface area (Å²) < 4.78 is 17.2. The summed E-state index contributed by atoms with van der Waals surface area (Å²) in [6, 6.07) is 11.4. The van der Waals surface area contributed by atoms with Crippen LogP contribution in [0, 0.1) is 11.2 Å². The van der Waals surface area contributed by atoms with E-state index in [0.29, 0.717) is 29.4 Å². The Hall–Kier alpha value is -4.91. The van der Waals surface area contributed by atoms with Gasteiger partial charge in [-0.05, 0) is 67.3 Å². The summed E-state index contributed by atoms with van der Waals surface area (Å²) in [5, 5.41) is 6.44. The summed E-state index contributed by atoms with van der Waals surface area (Å²) in [5.74, 6) is -0.639. The van der Waals surface area contributed by atoms with Crippen LogP contribution in [0.1, 0.15) is 84.9 Å². The van der Waals surface area contributed by atoms with E-state index < -0.39 is 11.8 Å². The van der Waals surface area contributed by atoms with Crippen molar-refractivity contribution in [2.45, 2.75) is 69.9 Å². The van der Waals surface area contributed by atoms with E-state index in [-0.39, 0.29) is 35.5 Å². The highest BCUT2D eigenvalue weighted by atomic mass is 19.1. The molecule has 1 aromatic carbocycles. The van der Waals surface area contributed by atoms with Crippen LogP contribution in [0.4, 0.5) is 21.8 Å². The maximum atomic E-state index is 15.1. The monoisotopic (exact) mass is 693 g/mol. The van der Waals surface area contributed by atoms with E-state index in [9.17, 15) is 14.4 Å². The molecule has 4 fully saturated rings. The van der Waals surface area contributed by atoms with Crippen LogP contribution in [0.15, 0.2) is 48.8 Å². The van der Waals surface area contributed by atoms with E-state index in [1.807, 2.05) is 24.4 Å². The lowest BCUT2D eigenvalue weighted by atomic mass is 9.72. The zero-order valence-corrected chi connectivity index (χ0v) is 29.2. The van der Waals surface area contributed by atoms with Crippen LogP contribution in [0.25, 0.3) is 11.0 Å². The van der Waals surface area contributed by atoms with Gasteiger partial charge in [-0.15, -0.1) is 0 Å². The van der Waals surface area contributed by atoms with Crippen LogP contribution >= 0.6 is 0 Å². The topological polar surface area (TPSA) is 129 Å². The number of amides is 3. The van der Waals surface area contributed by atoms with Gasteiger partial charge in [0, 0.05) is 88.3 Å². The number of piperidine rings is 2. The molecule has 13 heteroatoms. The number of rotatable bonds is 8. The zero-order valence-electron chi connectivity index (χ0n) is 29.2.